The van der Waals surface area contributed by atoms with Crippen LogP contribution < -0.4 is 0 Å². The monoisotopic (exact) mass is 206 g/mol. The number of hydrogen-bond acceptors (Lipinski definition) is 2. The summed E-state index contributed by atoms with van der Waals surface area (Å²) in [5.41, 5.74) is 0.633. The molecule has 0 N–H and O–H groups in total. The molecule has 0 aliphatic rings. The van der Waals surface area contributed by atoms with Gasteiger partial charge in [0.2, 0.25) is 0 Å². The third kappa shape index (κ3) is 3.03. The lowest BCUT2D eigenvalue weighted by molar-refractivity contribution is 0.270. The molecule has 0 amide bonds. The molecule has 3 heteroatoms. The molecule has 0 bridgehead atoms. The van der Waals surface area contributed by atoms with Crippen molar-refractivity contribution >= 4 is 0 Å². The lowest BCUT2D eigenvalue weighted by Crippen LogP contribution is -2.29. The van der Waals surface area contributed by atoms with E-state index in [-0.39, 0.29) is 11.9 Å². The van der Waals surface area contributed by atoms with Gasteiger partial charge in [-0.1, -0.05) is 25.1 Å². The van der Waals surface area contributed by atoms with Crippen LogP contribution in [0, 0.1) is 17.1 Å². The maximum atomic E-state index is 13.3. The van der Waals surface area contributed by atoms with E-state index in [2.05, 4.69) is 6.07 Å². The van der Waals surface area contributed by atoms with Crippen LogP contribution in [0.2, 0.25) is 0 Å². The third-order valence-corrected chi connectivity index (χ3v) is 2.45. The molecular weight excluding hydrogens is 191 g/mol. The first-order valence-electron chi connectivity index (χ1n) is 5.02. The summed E-state index contributed by atoms with van der Waals surface area (Å²) < 4.78 is 13.3. The number of benzene rings is 1. The van der Waals surface area contributed by atoms with Crippen LogP contribution in [-0.2, 0) is 6.54 Å². The highest BCUT2D eigenvalue weighted by Gasteiger charge is 2.13. The van der Waals surface area contributed by atoms with Gasteiger partial charge in [0.15, 0.2) is 0 Å². The van der Waals surface area contributed by atoms with Crippen molar-refractivity contribution in [2.45, 2.75) is 25.9 Å². The molecule has 0 aliphatic heterocycles. The predicted molar refractivity (Wildman–Crippen MR) is 57.6 cm³/mol. The van der Waals surface area contributed by atoms with Gasteiger partial charge in [-0.15, -0.1) is 0 Å². The number of rotatable bonds is 4. The molecule has 0 fully saturated rings. The van der Waals surface area contributed by atoms with Gasteiger partial charge < -0.3 is 0 Å². The summed E-state index contributed by atoms with van der Waals surface area (Å²) >= 11 is 0. The van der Waals surface area contributed by atoms with Gasteiger partial charge in [-0.2, -0.15) is 5.26 Å². The van der Waals surface area contributed by atoms with Crippen LogP contribution in [0.1, 0.15) is 18.9 Å². The minimum atomic E-state index is -0.211. The fraction of sp³-hybridized carbons (Fsp3) is 0.417. The Bertz CT molecular complexity index is 357. The zero-order valence-electron chi connectivity index (χ0n) is 9.07. The first kappa shape index (κ1) is 11.7. The zero-order valence-corrected chi connectivity index (χ0v) is 9.07. The zero-order chi connectivity index (χ0) is 11.3. The van der Waals surface area contributed by atoms with Crippen LogP contribution in [0.5, 0.6) is 0 Å². The maximum absolute atomic E-state index is 13.3. The average Bonchev–Trinajstić information content (AvgIpc) is 2.23. The Morgan fingerprint density at radius 2 is 2.13 bits per heavy atom. The van der Waals surface area contributed by atoms with E-state index in [1.54, 1.807) is 18.2 Å². The Hall–Kier alpha value is -1.40. The standard InChI is InChI=1S/C12H15FN2/c1-3-11(8-14)15(2)9-10-6-4-5-7-12(10)13/h4-7,11H,3,9H2,1-2H3. The molecule has 0 spiro atoms. The first-order chi connectivity index (χ1) is 7.19. The minimum Gasteiger partial charge on any atom is -0.287 e. The van der Waals surface area contributed by atoms with Crippen molar-refractivity contribution in [2.75, 3.05) is 7.05 Å². The molecule has 0 saturated carbocycles. The fourth-order valence-corrected chi connectivity index (χ4v) is 1.51. The molecule has 0 saturated heterocycles. The van der Waals surface area contributed by atoms with Crippen molar-refractivity contribution in [3.8, 4) is 6.07 Å². The summed E-state index contributed by atoms with van der Waals surface area (Å²) in [6.45, 7) is 2.42. The third-order valence-electron chi connectivity index (χ3n) is 2.45. The highest BCUT2D eigenvalue weighted by Crippen LogP contribution is 2.11. The molecule has 0 radical (unpaired) electrons. The Morgan fingerprint density at radius 3 is 2.67 bits per heavy atom. The first-order valence-corrected chi connectivity index (χ1v) is 5.02. The quantitative estimate of drug-likeness (QED) is 0.757. The highest BCUT2D eigenvalue weighted by molar-refractivity contribution is 5.17. The van der Waals surface area contributed by atoms with Crippen molar-refractivity contribution in [1.82, 2.24) is 4.90 Å². The van der Waals surface area contributed by atoms with E-state index < -0.39 is 0 Å². The van der Waals surface area contributed by atoms with Gasteiger partial charge in [0, 0.05) is 12.1 Å². The van der Waals surface area contributed by atoms with Gasteiger partial charge in [0.05, 0.1) is 12.1 Å². The Balaban J connectivity index is 2.70. The Kier molecular flexibility index (Phi) is 4.26. The van der Waals surface area contributed by atoms with Crippen molar-refractivity contribution in [1.29, 1.82) is 5.26 Å². The van der Waals surface area contributed by atoms with E-state index in [1.807, 2.05) is 18.9 Å². The second-order valence-electron chi connectivity index (χ2n) is 3.56. The van der Waals surface area contributed by atoms with E-state index in [4.69, 9.17) is 5.26 Å². The van der Waals surface area contributed by atoms with Crippen molar-refractivity contribution < 1.29 is 4.39 Å². The SMILES string of the molecule is CCC(C#N)N(C)Cc1ccccc1F. The molecule has 0 aromatic heterocycles. The largest absolute Gasteiger partial charge is 0.287 e. The van der Waals surface area contributed by atoms with Crippen molar-refractivity contribution in [3.63, 3.8) is 0 Å². The molecule has 1 rings (SSSR count). The predicted octanol–water partition coefficient (Wildman–Crippen LogP) is 2.56. The molecule has 1 unspecified atom stereocenters. The Labute approximate surface area is 89.9 Å². The van der Waals surface area contributed by atoms with E-state index in [0.717, 1.165) is 6.42 Å². The molecule has 0 heterocycles. The lowest BCUT2D eigenvalue weighted by atomic mass is 10.1. The summed E-state index contributed by atoms with van der Waals surface area (Å²) in [7, 11) is 1.84. The fourth-order valence-electron chi connectivity index (χ4n) is 1.51. The number of nitriles is 1. The lowest BCUT2D eigenvalue weighted by Gasteiger charge is -2.21. The number of nitrogens with zero attached hydrogens (tertiary/aromatic N) is 2. The van der Waals surface area contributed by atoms with Crippen LogP contribution in [-0.4, -0.2) is 18.0 Å². The van der Waals surface area contributed by atoms with Crippen molar-refractivity contribution in [3.05, 3.63) is 35.6 Å². The van der Waals surface area contributed by atoms with E-state index in [0.29, 0.717) is 12.1 Å². The van der Waals surface area contributed by atoms with Gasteiger partial charge in [-0.3, -0.25) is 4.90 Å². The summed E-state index contributed by atoms with van der Waals surface area (Å²) in [4.78, 5) is 1.86. The van der Waals surface area contributed by atoms with Gasteiger partial charge in [-0.25, -0.2) is 4.39 Å². The smallest absolute Gasteiger partial charge is 0.127 e. The molecule has 0 aliphatic carbocycles. The Morgan fingerprint density at radius 1 is 1.47 bits per heavy atom. The molecule has 15 heavy (non-hydrogen) atoms. The highest BCUT2D eigenvalue weighted by atomic mass is 19.1. The van der Waals surface area contributed by atoms with Crippen LogP contribution in [0.4, 0.5) is 4.39 Å². The molecule has 80 valence electrons. The van der Waals surface area contributed by atoms with Crippen LogP contribution in [0.3, 0.4) is 0 Å². The van der Waals surface area contributed by atoms with Gasteiger partial charge in [-0.05, 0) is 19.5 Å². The second-order valence-corrected chi connectivity index (χ2v) is 3.56. The summed E-state index contributed by atoms with van der Waals surface area (Å²) in [5, 5.41) is 8.86. The topological polar surface area (TPSA) is 27.0 Å². The second kappa shape index (κ2) is 5.47. The normalized spacial score (nSPS) is 12.5. The van der Waals surface area contributed by atoms with Gasteiger partial charge in [0.1, 0.15) is 5.82 Å². The maximum Gasteiger partial charge on any atom is 0.127 e. The number of halogens is 1. The summed E-state index contributed by atoms with van der Waals surface area (Å²) in [5.74, 6) is -0.211. The minimum absolute atomic E-state index is 0.149. The molecule has 1 aromatic rings. The summed E-state index contributed by atoms with van der Waals surface area (Å²) in [6.07, 6.45) is 0.751. The van der Waals surface area contributed by atoms with Crippen LogP contribution in [0.15, 0.2) is 24.3 Å². The average molecular weight is 206 g/mol. The van der Waals surface area contributed by atoms with Crippen LogP contribution >= 0.6 is 0 Å². The van der Waals surface area contributed by atoms with Crippen molar-refractivity contribution in [2.24, 2.45) is 0 Å². The van der Waals surface area contributed by atoms with Gasteiger partial charge >= 0.3 is 0 Å². The molecule has 2 nitrogen and oxygen atoms in total. The van der Waals surface area contributed by atoms with E-state index in [1.165, 1.54) is 6.07 Å². The molecular formula is C12H15FN2. The molecule has 1 aromatic carbocycles. The van der Waals surface area contributed by atoms with Crippen LogP contribution in [0.25, 0.3) is 0 Å². The van der Waals surface area contributed by atoms with E-state index in [9.17, 15) is 4.39 Å². The van der Waals surface area contributed by atoms with Gasteiger partial charge in [0.25, 0.3) is 0 Å². The van der Waals surface area contributed by atoms with E-state index >= 15 is 0 Å². The molecule has 1 atom stereocenters. The summed E-state index contributed by atoms with van der Waals surface area (Å²) in [6, 6.07) is 8.71. The number of hydrogen-bond donors (Lipinski definition) is 0.